The van der Waals surface area contributed by atoms with Crippen LogP contribution in [-0.4, -0.2) is 58.1 Å². The Balaban J connectivity index is 1.37. The van der Waals surface area contributed by atoms with Crippen molar-refractivity contribution in [1.82, 2.24) is 24.9 Å². The van der Waals surface area contributed by atoms with Gasteiger partial charge < -0.3 is 9.80 Å². The number of aryl methyl sites for hydroxylation is 1. The summed E-state index contributed by atoms with van der Waals surface area (Å²) >= 11 is 8.21. The summed E-state index contributed by atoms with van der Waals surface area (Å²) in [7, 11) is 4.12. The van der Waals surface area contributed by atoms with Crippen LogP contribution in [0, 0.1) is 11.8 Å². The molecule has 140 valence electrons. The maximum Gasteiger partial charge on any atom is 0.208 e. The molecule has 1 unspecified atom stereocenters. The lowest BCUT2D eigenvalue weighted by Gasteiger charge is -2.17. The molecule has 5 rings (SSSR count). The van der Waals surface area contributed by atoms with Gasteiger partial charge in [-0.15, -0.1) is 10.2 Å². The molecule has 3 aromatic rings. The van der Waals surface area contributed by atoms with E-state index >= 15 is 0 Å². The van der Waals surface area contributed by atoms with E-state index in [9.17, 15) is 0 Å². The van der Waals surface area contributed by atoms with Crippen molar-refractivity contribution in [3.05, 3.63) is 35.6 Å². The van der Waals surface area contributed by atoms with Crippen molar-refractivity contribution in [3.8, 4) is 21.7 Å². The predicted molar refractivity (Wildman–Crippen MR) is 109 cm³/mol. The standard InChI is InChI=1S/C19H21ClN6S/c1-24-7-14-10-26(11-15(14)8-24)19-23-22-18(27-19)16-4-3-12(5-17(16)20)13-6-21-25(2)9-13/h3-6,9,14-15H,7-8,10-11H2,1-2H3/t14-,15?/m0/s1. The lowest BCUT2D eigenvalue weighted by Crippen LogP contribution is -2.26. The molecule has 0 bridgehead atoms. The number of fused-ring (bicyclic) bond motifs is 1. The van der Waals surface area contributed by atoms with Gasteiger partial charge in [-0.3, -0.25) is 4.68 Å². The van der Waals surface area contributed by atoms with Gasteiger partial charge in [-0.05, 0) is 36.6 Å². The van der Waals surface area contributed by atoms with Gasteiger partial charge in [0.2, 0.25) is 5.13 Å². The van der Waals surface area contributed by atoms with Crippen LogP contribution in [0.25, 0.3) is 21.7 Å². The van der Waals surface area contributed by atoms with E-state index < -0.39 is 0 Å². The Hall–Kier alpha value is -1.96. The Kier molecular flexibility index (Phi) is 4.18. The first-order chi connectivity index (χ1) is 13.1. The fourth-order valence-electron chi connectivity index (χ4n) is 4.27. The third kappa shape index (κ3) is 3.13. The summed E-state index contributed by atoms with van der Waals surface area (Å²) in [5.41, 5.74) is 3.04. The second kappa shape index (κ2) is 6.58. The summed E-state index contributed by atoms with van der Waals surface area (Å²) < 4.78 is 1.79. The molecule has 2 fully saturated rings. The van der Waals surface area contributed by atoms with Crippen LogP contribution in [0.2, 0.25) is 5.02 Å². The number of rotatable bonds is 3. The molecule has 0 N–H and O–H groups in total. The number of halogens is 1. The van der Waals surface area contributed by atoms with Gasteiger partial charge in [-0.2, -0.15) is 5.10 Å². The number of nitrogens with zero attached hydrogens (tertiary/aromatic N) is 6. The Labute approximate surface area is 167 Å². The average Bonchev–Trinajstić information content (AvgIpc) is 3.37. The smallest absolute Gasteiger partial charge is 0.208 e. The maximum absolute atomic E-state index is 6.58. The first kappa shape index (κ1) is 17.2. The predicted octanol–water partition coefficient (Wildman–Crippen LogP) is 3.26. The van der Waals surface area contributed by atoms with Gasteiger partial charge in [-0.1, -0.05) is 29.0 Å². The molecule has 2 atom stereocenters. The van der Waals surface area contributed by atoms with Crippen molar-refractivity contribution in [2.24, 2.45) is 18.9 Å². The van der Waals surface area contributed by atoms with Gasteiger partial charge in [0.05, 0.1) is 11.2 Å². The third-order valence-electron chi connectivity index (χ3n) is 5.59. The highest BCUT2D eigenvalue weighted by Gasteiger charge is 2.39. The van der Waals surface area contributed by atoms with E-state index in [0.717, 1.165) is 51.8 Å². The van der Waals surface area contributed by atoms with Gasteiger partial charge in [0.25, 0.3) is 0 Å². The number of likely N-dealkylation sites (tertiary alicyclic amines) is 1. The number of anilines is 1. The van der Waals surface area contributed by atoms with Gasteiger partial charge in [0.1, 0.15) is 0 Å². The number of hydrogen-bond acceptors (Lipinski definition) is 6. The second-order valence-corrected chi connectivity index (χ2v) is 9.00. The fraction of sp³-hybridized carbons (Fsp3) is 0.421. The molecule has 2 aliphatic rings. The topological polar surface area (TPSA) is 50.1 Å². The minimum absolute atomic E-state index is 0.693. The van der Waals surface area contributed by atoms with Crippen LogP contribution in [-0.2, 0) is 7.05 Å². The van der Waals surface area contributed by atoms with Crippen LogP contribution in [0.5, 0.6) is 0 Å². The average molecular weight is 401 g/mol. The van der Waals surface area contributed by atoms with E-state index in [2.05, 4.69) is 38.2 Å². The molecule has 8 heteroatoms. The van der Waals surface area contributed by atoms with Gasteiger partial charge in [0, 0.05) is 50.6 Å². The summed E-state index contributed by atoms with van der Waals surface area (Å²) in [5, 5.41) is 15.7. The molecule has 0 saturated carbocycles. The van der Waals surface area contributed by atoms with Crippen molar-refractivity contribution >= 4 is 28.1 Å². The Morgan fingerprint density at radius 1 is 1.04 bits per heavy atom. The minimum Gasteiger partial charge on any atom is -0.346 e. The molecular formula is C19H21ClN6S. The van der Waals surface area contributed by atoms with E-state index in [1.165, 1.54) is 13.1 Å². The molecule has 1 aromatic carbocycles. The monoisotopic (exact) mass is 400 g/mol. The third-order valence-corrected chi connectivity index (χ3v) is 6.92. The number of aromatic nitrogens is 4. The zero-order valence-electron chi connectivity index (χ0n) is 15.3. The van der Waals surface area contributed by atoms with Crippen LogP contribution in [0.1, 0.15) is 0 Å². The zero-order valence-corrected chi connectivity index (χ0v) is 16.9. The fourth-order valence-corrected chi connectivity index (χ4v) is 5.50. The number of benzene rings is 1. The van der Waals surface area contributed by atoms with Crippen LogP contribution in [0.4, 0.5) is 5.13 Å². The van der Waals surface area contributed by atoms with E-state index in [-0.39, 0.29) is 0 Å². The molecular weight excluding hydrogens is 380 g/mol. The molecule has 6 nitrogen and oxygen atoms in total. The summed E-state index contributed by atoms with van der Waals surface area (Å²) in [6, 6.07) is 6.07. The highest BCUT2D eigenvalue weighted by atomic mass is 35.5. The van der Waals surface area contributed by atoms with Crippen molar-refractivity contribution in [1.29, 1.82) is 0 Å². The number of hydrogen-bond donors (Lipinski definition) is 0. The van der Waals surface area contributed by atoms with Crippen molar-refractivity contribution in [2.75, 3.05) is 38.1 Å². The molecule has 27 heavy (non-hydrogen) atoms. The highest BCUT2D eigenvalue weighted by molar-refractivity contribution is 7.18. The first-order valence-corrected chi connectivity index (χ1v) is 10.3. The highest BCUT2D eigenvalue weighted by Crippen LogP contribution is 2.39. The summed E-state index contributed by atoms with van der Waals surface area (Å²) in [6.07, 6.45) is 3.83. The lowest BCUT2D eigenvalue weighted by molar-refractivity contribution is 0.387. The molecule has 0 aliphatic carbocycles. The normalized spacial score (nSPS) is 22.6. The maximum atomic E-state index is 6.58. The van der Waals surface area contributed by atoms with E-state index in [0.29, 0.717) is 5.02 Å². The minimum atomic E-state index is 0.693. The molecule has 4 heterocycles. The van der Waals surface area contributed by atoms with Crippen molar-refractivity contribution in [3.63, 3.8) is 0 Å². The second-order valence-electron chi connectivity index (χ2n) is 7.63. The Bertz CT molecular complexity index is 968. The van der Waals surface area contributed by atoms with E-state index in [1.807, 2.05) is 31.6 Å². The van der Waals surface area contributed by atoms with Gasteiger partial charge in [-0.25, -0.2) is 0 Å². The Morgan fingerprint density at radius 2 is 1.81 bits per heavy atom. The summed E-state index contributed by atoms with van der Waals surface area (Å²) in [5.74, 6) is 1.51. The molecule has 2 aromatic heterocycles. The SMILES string of the molecule is CN1CC2CN(c3nnc(-c4ccc(-c5cnn(C)c5)cc4Cl)s3)C[C@@H]2C1. The summed E-state index contributed by atoms with van der Waals surface area (Å²) in [4.78, 5) is 4.82. The molecule has 0 spiro atoms. The van der Waals surface area contributed by atoms with Crippen molar-refractivity contribution < 1.29 is 0 Å². The van der Waals surface area contributed by atoms with Crippen LogP contribution in [0.15, 0.2) is 30.6 Å². The van der Waals surface area contributed by atoms with Crippen molar-refractivity contribution in [2.45, 2.75) is 0 Å². The van der Waals surface area contributed by atoms with Crippen LogP contribution >= 0.6 is 22.9 Å². The zero-order chi connectivity index (χ0) is 18.5. The molecule has 2 aliphatic heterocycles. The van der Waals surface area contributed by atoms with Gasteiger partial charge in [0.15, 0.2) is 5.01 Å². The van der Waals surface area contributed by atoms with E-state index in [4.69, 9.17) is 11.6 Å². The largest absolute Gasteiger partial charge is 0.346 e. The van der Waals surface area contributed by atoms with E-state index in [1.54, 1.807) is 16.0 Å². The van der Waals surface area contributed by atoms with Crippen LogP contribution < -0.4 is 4.90 Å². The molecule has 0 radical (unpaired) electrons. The first-order valence-electron chi connectivity index (χ1n) is 9.13. The molecule has 0 amide bonds. The van der Waals surface area contributed by atoms with Crippen LogP contribution in [0.3, 0.4) is 0 Å². The summed E-state index contributed by atoms with van der Waals surface area (Å²) in [6.45, 7) is 4.54. The quantitative estimate of drug-likeness (QED) is 0.675. The Morgan fingerprint density at radius 3 is 2.48 bits per heavy atom. The van der Waals surface area contributed by atoms with Gasteiger partial charge >= 0.3 is 0 Å². The lowest BCUT2D eigenvalue weighted by atomic mass is 10.0. The molecule has 2 saturated heterocycles.